The highest BCUT2D eigenvalue weighted by atomic mass is 32.2. The molecule has 17 heavy (non-hydrogen) atoms. The SMILES string of the molecule is CSC1CCCCCCCCC([N+](=O)[O-])CC1. The third-order valence-electron chi connectivity index (χ3n) is 3.77. The Balaban J connectivity index is 2.44. The van der Waals surface area contributed by atoms with Gasteiger partial charge in [0, 0.05) is 23.0 Å². The second-order valence-corrected chi connectivity index (χ2v) is 6.21. The molecule has 3 nitrogen and oxygen atoms in total. The van der Waals surface area contributed by atoms with E-state index in [-0.39, 0.29) is 11.0 Å². The second kappa shape index (κ2) is 8.78. The maximum absolute atomic E-state index is 11.0. The highest BCUT2D eigenvalue weighted by Gasteiger charge is 2.21. The summed E-state index contributed by atoms with van der Waals surface area (Å²) in [5, 5.41) is 11.6. The van der Waals surface area contributed by atoms with Crippen LogP contribution in [-0.2, 0) is 0 Å². The van der Waals surface area contributed by atoms with E-state index in [1.54, 1.807) is 0 Å². The van der Waals surface area contributed by atoms with Crippen molar-refractivity contribution in [2.24, 2.45) is 0 Å². The number of hydrogen-bond donors (Lipinski definition) is 0. The maximum Gasteiger partial charge on any atom is 0.213 e. The molecule has 2 atom stereocenters. The Labute approximate surface area is 109 Å². The summed E-state index contributed by atoms with van der Waals surface area (Å²) in [6.07, 6.45) is 13.4. The average molecular weight is 259 g/mol. The summed E-state index contributed by atoms with van der Waals surface area (Å²) < 4.78 is 0. The predicted octanol–water partition coefficient (Wildman–Crippen LogP) is 4.28. The minimum Gasteiger partial charge on any atom is -0.264 e. The normalized spacial score (nSPS) is 29.0. The van der Waals surface area contributed by atoms with Crippen LogP contribution in [0.25, 0.3) is 0 Å². The number of nitro groups is 1. The topological polar surface area (TPSA) is 43.1 Å². The number of nitrogens with zero attached hydrogens (tertiary/aromatic N) is 1. The first-order valence-corrected chi connectivity index (χ1v) is 8.19. The molecule has 0 spiro atoms. The molecule has 100 valence electrons. The van der Waals surface area contributed by atoms with E-state index < -0.39 is 0 Å². The lowest BCUT2D eigenvalue weighted by atomic mass is 9.98. The molecule has 0 bridgehead atoms. The third-order valence-corrected chi connectivity index (χ3v) is 4.90. The fourth-order valence-electron chi connectivity index (χ4n) is 2.57. The summed E-state index contributed by atoms with van der Waals surface area (Å²) in [7, 11) is 0. The second-order valence-electron chi connectivity index (χ2n) is 5.07. The molecule has 4 heteroatoms. The molecule has 0 heterocycles. The molecule has 0 radical (unpaired) electrons. The lowest BCUT2D eigenvalue weighted by molar-refractivity contribution is -0.524. The van der Waals surface area contributed by atoms with E-state index >= 15 is 0 Å². The van der Waals surface area contributed by atoms with Crippen molar-refractivity contribution < 1.29 is 4.92 Å². The van der Waals surface area contributed by atoms with E-state index in [0.717, 1.165) is 25.7 Å². The van der Waals surface area contributed by atoms with Gasteiger partial charge < -0.3 is 0 Å². The molecular formula is C13H25NO2S. The van der Waals surface area contributed by atoms with Gasteiger partial charge >= 0.3 is 0 Å². The van der Waals surface area contributed by atoms with Crippen LogP contribution in [0.5, 0.6) is 0 Å². The molecule has 2 unspecified atom stereocenters. The summed E-state index contributed by atoms with van der Waals surface area (Å²) in [6, 6.07) is -0.288. The zero-order valence-corrected chi connectivity index (χ0v) is 11.7. The minimum absolute atomic E-state index is 0.0524. The van der Waals surface area contributed by atoms with Crippen molar-refractivity contribution in [3.05, 3.63) is 10.1 Å². The van der Waals surface area contributed by atoms with E-state index in [0.29, 0.717) is 5.25 Å². The lowest BCUT2D eigenvalue weighted by Crippen LogP contribution is -2.21. The fourth-order valence-corrected chi connectivity index (χ4v) is 3.35. The number of rotatable bonds is 2. The first-order valence-electron chi connectivity index (χ1n) is 6.90. The van der Waals surface area contributed by atoms with Crippen LogP contribution >= 0.6 is 11.8 Å². The van der Waals surface area contributed by atoms with Crippen LogP contribution < -0.4 is 0 Å². The van der Waals surface area contributed by atoms with E-state index in [1.165, 1.54) is 38.5 Å². The Kier molecular flexibility index (Phi) is 7.65. The van der Waals surface area contributed by atoms with Gasteiger partial charge in [-0.1, -0.05) is 32.1 Å². The Hall–Kier alpha value is -0.250. The monoisotopic (exact) mass is 259 g/mol. The zero-order valence-electron chi connectivity index (χ0n) is 10.9. The van der Waals surface area contributed by atoms with Crippen LogP contribution in [0.4, 0.5) is 0 Å². The molecule has 0 aromatic heterocycles. The van der Waals surface area contributed by atoms with Gasteiger partial charge in [-0.2, -0.15) is 11.8 Å². The molecule has 0 aliphatic heterocycles. The van der Waals surface area contributed by atoms with Crippen molar-refractivity contribution >= 4 is 11.8 Å². The highest BCUT2D eigenvalue weighted by Crippen LogP contribution is 2.24. The van der Waals surface area contributed by atoms with E-state index in [2.05, 4.69) is 6.26 Å². The first kappa shape index (κ1) is 14.8. The van der Waals surface area contributed by atoms with Gasteiger partial charge in [-0.25, -0.2) is 0 Å². The molecule has 0 amide bonds. The predicted molar refractivity (Wildman–Crippen MR) is 74.3 cm³/mol. The van der Waals surface area contributed by atoms with Gasteiger partial charge in [0.2, 0.25) is 6.04 Å². The Bertz CT molecular complexity index is 223. The summed E-state index contributed by atoms with van der Waals surface area (Å²) in [5.41, 5.74) is 0. The van der Waals surface area contributed by atoms with Crippen molar-refractivity contribution in [3.63, 3.8) is 0 Å². The Morgan fingerprint density at radius 3 is 2.12 bits per heavy atom. The van der Waals surface area contributed by atoms with E-state index in [9.17, 15) is 10.1 Å². The number of thioether (sulfide) groups is 1. The van der Waals surface area contributed by atoms with Crippen molar-refractivity contribution in [1.29, 1.82) is 0 Å². The Morgan fingerprint density at radius 1 is 0.941 bits per heavy atom. The molecular weight excluding hydrogens is 234 g/mol. The summed E-state index contributed by atoms with van der Waals surface area (Å²) in [5.74, 6) is 0. The lowest BCUT2D eigenvalue weighted by Gasteiger charge is -2.17. The maximum atomic E-state index is 11.0. The van der Waals surface area contributed by atoms with Crippen LogP contribution in [0.2, 0.25) is 0 Å². The van der Waals surface area contributed by atoms with Crippen molar-refractivity contribution in [2.45, 2.75) is 75.5 Å². The van der Waals surface area contributed by atoms with Gasteiger partial charge in [0.25, 0.3) is 0 Å². The number of hydrogen-bond acceptors (Lipinski definition) is 3. The molecule has 1 aliphatic carbocycles. The van der Waals surface area contributed by atoms with Crippen molar-refractivity contribution in [3.8, 4) is 0 Å². The van der Waals surface area contributed by atoms with Crippen molar-refractivity contribution in [1.82, 2.24) is 0 Å². The van der Waals surface area contributed by atoms with Crippen LogP contribution in [0.1, 0.15) is 64.2 Å². The first-order chi connectivity index (χ1) is 8.24. The molecule has 1 rings (SSSR count). The van der Waals surface area contributed by atoms with E-state index in [1.807, 2.05) is 11.8 Å². The molecule has 0 saturated heterocycles. The van der Waals surface area contributed by atoms with Gasteiger partial charge in [0.1, 0.15) is 0 Å². The molecule has 0 aromatic carbocycles. The van der Waals surface area contributed by atoms with Gasteiger partial charge in [-0.05, 0) is 25.5 Å². The average Bonchev–Trinajstić information content (AvgIpc) is 2.29. The molecule has 0 aromatic rings. The van der Waals surface area contributed by atoms with Crippen LogP contribution in [0.15, 0.2) is 0 Å². The van der Waals surface area contributed by atoms with Gasteiger partial charge in [-0.15, -0.1) is 0 Å². The zero-order chi connectivity index (χ0) is 12.5. The van der Waals surface area contributed by atoms with Crippen LogP contribution in [-0.4, -0.2) is 22.5 Å². The largest absolute Gasteiger partial charge is 0.264 e. The minimum atomic E-state index is -0.288. The standard InChI is InChI=1S/C13H25NO2S/c1-17-13-9-7-5-3-2-4-6-8-12(10-11-13)14(15)16/h12-13H,2-11H2,1H3. The molecule has 1 fully saturated rings. The fraction of sp³-hybridized carbons (Fsp3) is 1.00. The van der Waals surface area contributed by atoms with Crippen LogP contribution in [0.3, 0.4) is 0 Å². The van der Waals surface area contributed by atoms with Gasteiger partial charge in [0.05, 0.1) is 0 Å². The summed E-state index contributed by atoms with van der Waals surface area (Å²) >= 11 is 1.89. The molecule has 1 aliphatic rings. The van der Waals surface area contributed by atoms with Gasteiger partial charge in [0.15, 0.2) is 0 Å². The van der Waals surface area contributed by atoms with E-state index in [4.69, 9.17) is 0 Å². The highest BCUT2D eigenvalue weighted by molar-refractivity contribution is 7.99. The van der Waals surface area contributed by atoms with Crippen molar-refractivity contribution in [2.75, 3.05) is 6.26 Å². The summed E-state index contributed by atoms with van der Waals surface area (Å²) in [6.45, 7) is 0. The summed E-state index contributed by atoms with van der Waals surface area (Å²) in [4.78, 5) is 10.9. The Morgan fingerprint density at radius 2 is 1.53 bits per heavy atom. The van der Waals surface area contributed by atoms with Gasteiger partial charge in [-0.3, -0.25) is 10.1 Å². The quantitative estimate of drug-likeness (QED) is 0.549. The smallest absolute Gasteiger partial charge is 0.213 e. The van der Waals surface area contributed by atoms with Crippen LogP contribution in [0, 0.1) is 10.1 Å². The third kappa shape index (κ3) is 6.29. The molecule has 1 saturated carbocycles. The molecule has 0 N–H and O–H groups in total.